The molecule has 3 aromatic rings. The van der Waals surface area contributed by atoms with Gasteiger partial charge in [0.15, 0.2) is 0 Å². The summed E-state index contributed by atoms with van der Waals surface area (Å²) in [5.41, 5.74) is 23.7. The lowest BCUT2D eigenvalue weighted by atomic mass is 10.1. The third-order valence-electron chi connectivity index (χ3n) is 7.34. The minimum Gasteiger partial charge on any atom is -0.399 e. The largest absolute Gasteiger partial charge is 0.429 e. The monoisotopic (exact) mass is 806 g/mol. The molecule has 2 aromatic carbocycles. The fraction of sp³-hybridized carbons (Fsp3) is 0.394. The number of piperazine rings is 1. The van der Waals surface area contributed by atoms with Gasteiger partial charge in [-0.25, -0.2) is 53.5 Å². The van der Waals surface area contributed by atoms with Crippen LogP contribution in [0, 0.1) is 6.92 Å². The number of carbonyl (C=O) groups excluding carboxylic acids is 5. The number of benzene rings is 2. The van der Waals surface area contributed by atoms with Crippen LogP contribution in [0.15, 0.2) is 60.8 Å². The second-order valence-electron chi connectivity index (χ2n) is 12.7. The minimum atomic E-state index is -0.315. The molecule has 0 saturated carbocycles. The van der Waals surface area contributed by atoms with Crippen molar-refractivity contribution >= 4 is 41.4 Å². The maximum absolute atomic E-state index is 10.9. The molecule has 2 fully saturated rings. The lowest BCUT2D eigenvalue weighted by molar-refractivity contribution is -0.787. The number of hydrazine groups is 5. The van der Waals surface area contributed by atoms with Crippen molar-refractivity contribution in [3.8, 4) is 0 Å². The van der Waals surface area contributed by atoms with Crippen LogP contribution in [-0.2, 0) is 4.74 Å². The van der Waals surface area contributed by atoms with E-state index in [0.717, 1.165) is 31.7 Å². The fourth-order valence-corrected chi connectivity index (χ4v) is 3.92. The number of likely N-dealkylation sites (N-methyl/N-ethyl adjacent to an activating group) is 1. The Morgan fingerprint density at radius 2 is 1.09 bits per heavy atom. The number of hydrogen-bond acceptors (Lipinski definition) is 15. The zero-order chi connectivity index (χ0) is 43.4. The Labute approximate surface area is 332 Å². The molecule has 0 aliphatic carbocycles. The summed E-state index contributed by atoms with van der Waals surface area (Å²) in [6, 6.07) is 14.8. The van der Waals surface area contributed by atoms with E-state index in [1.807, 2.05) is 37.0 Å². The first-order chi connectivity index (χ1) is 26.9. The van der Waals surface area contributed by atoms with Gasteiger partial charge in [0.25, 0.3) is 11.8 Å². The highest BCUT2D eigenvalue weighted by atomic mass is 16.5. The van der Waals surface area contributed by atoms with Crippen LogP contribution >= 0.6 is 0 Å². The molecule has 2 aliphatic heterocycles. The van der Waals surface area contributed by atoms with Gasteiger partial charge < -0.3 is 30.9 Å². The molecule has 0 radical (unpaired) electrons. The number of anilines is 2. The lowest BCUT2D eigenvalue weighted by Gasteiger charge is -2.31. The van der Waals surface area contributed by atoms with E-state index in [-0.39, 0.29) is 34.4 Å². The summed E-state index contributed by atoms with van der Waals surface area (Å²) in [5, 5.41) is 6.10. The number of aromatic nitrogens is 2. The summed E-state index contributed by atoms with van der Waals surface area (Å²) in [6.07, 6.45) is 1.61. The lowest BCUT2D eigenvalue weighted by Crippen LogP contribution is -2.52. The van der Waals surface area contributed by atoms with E-state index in [0.29, 0.717) is 48.9 Å². The average Bonchev–Trinajstić information content (AvgIpc) is 3.72. The number of aromatic amines is 1. The number of ether oxygens (including phenoxy) is 1. The van der Waals surface area contributed by atoms with Crippen molar-refractivity contribution in [3.05, 3.63) is 77.5 Å². The van der Waals surface area contributed by atoms with E-state index in [1.165, 1.54) is 0 Å². The van der Waals surface area contributed by atoms with Gasteiger partial charge in [-0.2, -0.15) is 5.10 Å². The Morgan fingerprint density at radius 3 is 1.40 bits per heavy atom. The van der Waals surface area contributed by atoms with Gasteiger partial charge in [0.05, 0.1) is 40.6 Å². The molecule has 0 spiro atoms. The van der Waals surface area contributed by atoms with Crippen LogP contribution in [0.5, 0.6) is 0 Å². The molecule has 2 aliphatic rings. The van der Waals surface area contributed by atoms with Gasteiger partial charge in [-0.1, -0.05) is 17.7 Å². The number of aryl methyl sites for hydroxylation is 1. The summed E-state index contributed by atoms with van der Waals surface area (Å²) in [6.45, 7) is 7.80. The third-order valence-corrected chi connectivity index (χ3v) is 7.34. The molecule has 8 amide bonds. The summed E-state index contributed by atoms with van der Waals surface area (Å²) in [5.74, 6) is 24.6. The van der Waals surface area contributed by atoms with Crippen LogP contribution in [0.25, 0.3) is 0 Å². The molecule has 20 N–H and O–H groups in total. The minimum absolute atomic E-state index is 0.182. The highest BCUT2D eigenvalue weighted by molar-refractivity contribution is 5.94. The Hall–Kier alpha value is -6.12. The highest BCUT2D eigenvalue weighted by Gasteiger charge is 2.18. The number of hydrogen-bond donors (Lipinski definition) is 13. The maximum atomic E-state index is 10.9. The predicted octanol–water partition coefficient (Wildman–Crippen LogP) is -2.54. The van der Waals surface area contributed by atoms with Crippen LogP contribution in [0.4, 0.5) is 25.9 Å². The SMILES string of the molecule is CN1CCN(C(=O)NN)CC1.C[N+](C)(C)C(=O)NN.Cc1ccc(C(=O)NN)cc1.NNC(=O)N1CCOCC1.NNC(=O)c1ccc(N)cc1.Nc1ccn[nH]1. The second-order valence-corrected chi connectivity index (χ2v) is 12.7. The number of amides is 8. The van der Waals surface area contributed by atoms with Gasteiger partial charge in [-0.05, 0) is 56.4 Å². The number of nitrogen functional groups attached to an aromatic ring is 4. The van der Waals surface area contributed by atoms with Gasteiger partial charge in [0.1, 0.15) is 5.82 Å². The zero-order valence-electron chi connectivity index (χ0n) is 33.2. The number of carbonyl (C=O) groups is 5. The Balaban J connectivity index is 0.000000667. The molecule has 5 rings (SSSR count). The number of nitrogens with zero attached hydrogens (tertiary/aromatic N) is 5. The van der Waals surface area contributed by atoms with Gasteiger partial charge in [-0.15, -0.1) is 0 Å². The number of quaternary nitrogens is 1. The van der Waals surface area contributed by atoms with Crippen molar-refractivity contribution < 1.29 is 33.2 Å². The van der Waals surface area contributed by atoms with Crippen molar-refractivity contribution in [2.75, 3.05) is 92.1 Å². The van der Waals surface area contributed by atoms with Crippen LogP contribution in [0.3, 0.4) is 0 Å². The molecule has 0 atom stereocenters. The number of nitrogens with one attached hydrogen (secondary N) is 6. The zero-order valence-corrected chi connectivity index (χ0v) is 33.2. The number of H-pyrrole nitrogens is 1. The highest BCUT2D eigenvalue weighted by Crippen LogP contribution is 2.04. The second kappa shape index (κ2) is 28.3. The standard InChI is InChI=1S/C8H10N2O.C7H9N3O.C6H14N4O.C5H11N3O2.C4H11N3O.C3H5N3/c1-6-2-4-7(5-3-6)8(11)10-9;8-6-3-1-5(2-4-6)7(11)10-9;1-9-2-4-10(5-3-9)6(11)8-7;6-7-5(9)8-1-3-10-4-2-8;1-7(2,3)4(8)6-5;4-3-1-2-5-6-3/h2-5H,9H2,1H3,(H,10,11);1-4H,8-9H2,(H,10,11);2-5,7H2,1H3,(H,8,11);1-4,6H2,(H,7,9);5H2,1-3H3;1-2H,(H3,4,5,6)/p+1. The molecule has 57 heavy (non-hydrogen) atoms. The van der Waals surface area contributed by atoms with Gasteiger partial charge in [0, 0.05) is 56.1 Å². The molecule has 3 heterocycles. The molecule has 318 valence electrons. The molecule has 1 aromatic heterocycles. The Kier molecular flexibility index (Phi) is 25.3. The Morgan fingerprint density at radius 1 is 0.649 bits per heavy atom. The van der Waals surface area contributed by atoms with Crippen molar-refractivity contribution in [2.24, 2.45) is 29.2 Å². The number of urea groups is 3. The van der Waals surface area contributed by atoms with Crippen molar-refractivity contribution in [1.82, 2.24) is 52.0 Å². The van der Waals surface area contributed by atoms with Crippen LogP contribution in [-0.4, -0.2) is 140 Å². The quantitative estimate of drug-likeness (QED) is 0.0417. The van der Waals surface area contributed by atoms with Crippen molar-refractivity contribution in [2.45, 2.75) is 6.92 Å². The number of rotatable bonds is 2. The first kappa shape index (κ1) is 50.9. The molecule has 2 saturated heterocycles. The van der Waals surface area contributed by atoms with Gasteiger partial charge in [-0.3, -0.25) is 36.4 Å². The summed E-state index contributed by atoms with van der Waals surface area (Å²) >= 11 is 0. The maximum Gasteiger partial charge on any atom is 0.429 e. The van der Waals surface area contributed by atoms with Crippen LogP contribution in [0.2, 0.25) is 0 Å². The molecule has 0 unspecified atom stereocenters. The van der Waals surface area contributed by atoms with Gasteiger partial charge in [0.2, 0.25) is 0 Å². The van der Waals surface area contributed by atoms with E-state index in [2.05, 4.69) is 31.4 Å². The summed E-state index contributed by atoms with van der Waals surface area (Å²) in [7, 11) is 7.25. The summed E-state index contributed by atoms with van der Waals surface area (Å²) < 4.78 is 5.24. The van der Waals surface area contributed by atoms with E-state index in [1.54, 1.807) is 79.6 Å². The molecular formula is C33H61N18O6+. The van der Waals surface area contributed by atoms with Crippen molar-refractivity contribution in [3.63, 3.8) is 0 Å². The molecule has 24 nitrogen and oxygen atoms in total. The average molecular weight is 806 g/mol. The van der Waals surface area contributed by atoms with Gasteiger partial charge >= 0.3 is 18.1 Å². The Bertz CT molecular complexity index is 1520. The van der Waals surface area contributed by atoms with E-state index >= 15 is 0 Å². The normalized spacial score (nSPS) is 13.2. The molecule has 24 heteroatoms. The first-order valence-corrected chi connectivity index (χ1v) is 17.2. The van der Waals surface area contributed by atoms with Crippen LogP contribution in [0.1, 0.15) is 26.3 Å². The predicted molar refractivity (Wildman–Crippen MR) is 216 cm³/mol. The van der Waals surface area contributed by atoms with Crippen LogP contribution < -0.4 is 67.8 Å². The van der Waals surface area contributed by atoms with E-state index in [4.69, 9.17) is 45.4 Å². The van der Waals surface area contributed by atoms with E-state index in [9.17, 15) is 24.0 Å². The smallest absolute Gasteiger partial charge is 0.399 e. The van der Waals surface area contributed by atoms with E-state index < -0.39 is 0 Å². The first-order valence-electron chi connectivity index (χ1n) is 17.2. The molecular weight excluding hydrogens is 744 g/mol. The number of morpholine rings is 1. The third kappa shape index (κ3) is 22.8. The topological polar surface area (TPSA) is 375 Å². The fourth-order valence-electron chi connectivity index (χ4n) is 3.92. The summed E-state index contributed by atoms with van der Waals surface area (Å²) in [4.78, 5) is 59.6. The molecule has 0 bridgehead atoms. The van der Waals surface area contributed by atoms with Crippen molar-refractivity contribution in [1.29, 1.82) is 0 Å². The number of nitrogens with two attached hydrogens (primary N) is 7.